The SMILES string of the molecule is C[N+](C)(C)CCC(=O)c1cccc(Cl)c1.[I-]. The Morgan fingerprint density at radius 2 is 1.94 bits per heavy atom. The molecule has 0 aliphatic rings. The summed E-state index contributed by atoms with van der Waals surface area (Å²) in [5.74, 6) is 0.158. The first-order chi connectivity index (χ1) is 6.88. The van der Waals surface area contributed by atoms with Crippen LogP contribution < -0.4 is 24.0 Å². The van der Waals surface area contributed by atoms with Crippen LogP contribution in [0.3, 0.4) is 0 Å². The summed E-state index contributed by atoms with van der Waals surface area (Å²) in [5.41, 5.74) is 0.705. The molecule has 0 radical (unpaired) electrons. The van der Waals surface area contributed by atoms with Crippen LogP contribution in [0.1, 0.15) is 16.8 Å². The van der Waals surface area contributed by atoms with Crippen molar-refractivity contribution >= 4 is 17.4 Å². The quantitative estimate of drug-likeness (QED) is 0.410. The van der Waals surface area contributed by atoms with Gasteiger partial charge in [-0.2, -0.15) is 0 Å². The molecule has 0 unspecified atom stereocenters. The van der Waals surface area contributed by atoms with Crippen LogP contribution in [-0.2, 0) is 0 Å². The van der Waals surface area contributed by atoms with E-state index in [0.29, 0.717) is 17.0 Å². The Kier molecular flexibility index (Phi) is 6.51. The molecule has 0 bridgehead atoms. The van der Waals surface area contributed by atoms with Gasteiger partial charge in [-0.25, -0.2) is 0 Å². The topological polar surface area (TPSA) is 17.1 Å². The van der Waals surface area contributed by atoms with E-state index >= 15 is 0 Å². The lowest BCUT2D eigenvalue weighted by atomic mass is 10.1. The maximum atomic E-state index is 11.8. The molecule has 0 saturated carbocycles. The van der Waals surface area contributed by atoms with E-state index in [1.165, 1.54) is 0 Å². The van der Waals surface area contributed by atoms with Crippen molar-refractivity contribution in [3.8, 4) is 0 Å². The van der Waals surface area contributed by atoms with E-state index in [9.17, 15) is 4.79 Å². The molecule has 2 nitrogen and oxygen atoms in total. The van der Waals surface area contributed by atoms with E-state index in [2.05, 4.69) is 21.1 Å². The molecule has 0 spiro atoms. The molecular formula is C12H17ClINO. The first-order valence-electron chi connectivity index (χ1n) is 4.98. The predicted molar refractivity (Wildman–Crippen MR) is 63.3 cm³/mol. The summed E-state index contributed by atoms with van der Waals surface area (Å²) in [5, 5.41) is 0.617. The number of rotatable bonds is 4. The van der Waals surface area contributed by atoms with Crippen molar-refractivity contribution < 1.29 is 33.3 Å². The average Bonchev–Trinajstić information content (AvgIpc) is 2.13. The first kappa shape index (κ1) is 15.9. The highest BCUT2D eigenvalue weighted by Gasteiger charge is 2.12. The maximum Gasteiger partial charge on any atom is 0.168 e. The number of carbonyl (C=O) groups excluding carboxylic acids is 1. The fourth-order valence-corrected chi connectivity index (χ4v) is 1.43. The normalized spacial score (nSPS) is 10.8. The second-order valence-electron chi connectivity index (χ2n) is 4.70. The van der Waals surface area contributed by atoms with Crippen LogP contribution in [0.5, 0.6) is 0 Å². The monoisotopic (exact) mass is 353 g/mol. The maximum absolute atomic E-state index is 11.8. The minimum atomic E-state index is 0. The van der Waals surface area contributed by atoms with Crippen molar-refractivity contribution in [1.82, 2.24) is 0 Å². The minimum Gasteiger partial charge on any atom is -1.00 e. The molecule has 0 aliphatic heterocycles. The standard InChI is InChI=1S/C12H17ClNO.HI/c1-14(2,3)8-7-12(15)10-5-4-6-11(13)9-10;/h4-6,9H,7-8H2,1-3H3;1H/q+1;/p-1. The van der Waals surface area contributed by atoms with Crippen LogP contribution in [0.25, 0.3) is 0 Å². The molecule has 0 aliphatic carbocycles. The number of halogens is 2. The molecule has 0 amide bonds. The lowest BCUT2D eigenvalue weighted by molar-refractivity contribution is -0.869. The molecule has 1 aromatic carbocycles. The Morgan fingerprint density at radius 1 is 1.31 bits per heavy atom. The number of Topliss-reactive ketones (excluding diaryl/α,β-unsaturated/α-hetero) is 1. The van der Waals surface area contributed by atoms with Gasteiger partial charge in [0.2, 0.25) is 0 Å². The number of benzene rings is 1. The largest absolute Gasteiger partial charge is 1.00 e. The zero-order valence-electron chi connectivity index (χ0n) is 9.84. The van der Waals surface area contributed by atoms with Gasteiger partial charge in [0.15, 0.2) is 5.78 Å². The van der Waals surface area contributed by atoms with Gasteiger partial charge in [-0.05, 0) is 12.1 Å². The molecular weight excluding hydrogens is 336 g/mol. The summed E-state index contributed by atoms with van der Waals surface area (Å²) in [6.45, 7) is 0.839. The number of quaternary nitrogens is 1. The van der Waals surface area contributed by atoms with Crippen LogP contribution in [0.4, 0.5) is 0 Å². The van der Waals surface area contributed by atoms with Gasteiger partial charge in [-0.1, -0.05) is 23.7 Å². The number of hydrogen-bond acceptors (Lipinski definition) is 1. The summed E-state index contributed by atoms with van der Waals surface area (Å²) in [7, 11) is 6.22. The molecule has 1 rings (SSSR count). The molecule has 4 heteroatoms. The highest BCUT2D eigenvalue weighted by molar-refractivity contribution is 6.31. The summed E-state index contributed by atoms with van der Waals surface area (Å²) in [4.78, 5) is 11.8. The van der Waals surface area contributed by atoms with Crippen LogP contribution >= 0.6 is 11.6 Å². The van der Waals surface area contributed by atoms with Crippen LogP contribution in [0.2, 0.25) is 5.02 Å². The van der Waals surface area contributed by atoms with Gasteiger partial charge in [0.05, 0.1) is 34.1 Å². The van der Waals surface area contributed by atoms with Gasteiger partial charge < -0.3 is 28.5 Å². The highest BCUT2D eigenvalue weighted by Crippen LogP contribution is 2.12. The zero-order chi connectivity index (χ0) is 11.5. The van der Waals surface area contributed by atoms with E-state index in [1.54, 1.807) is 12.1 Å². The van der Waals surface area contributed by atoms with Crippen molar-refractivity contribution in [1.29, 1.82) is 0 Å². The first-order valence-corrected chi connectivity index (χ1v) is 5.35. The Morgan fingerprint density at radius 3 is 2.44 bits per heavy atom. The predicted octanol–water partition coefficient (Wildman–Crippen LogP) is -0.377. The zero-order valence-corrected chi connectivity index (χ0v) is 12.7. The Bertz CT molecular complexity index is 360. The second kappa shape index (κ2) is 6.57. The van der Waals surface area contributed by atoms with Crippen molar-refractivity contribution in [3.05, 3.63) is 34.9 Å². The molecule has 0 fully saturated rings. The minimum absolute atomic E-state index is 0. The Hall–Kier alpha value is -0.130. The van der Waals surface area contributed by atoms with Crippen LogP contribution in [0, 0.1) is 0 Å². The van der Waals surface area contributed by atoms with Gasteiger partial charge in [-0.15, -0.1) is 0 Å². The summed E-state index contributed by atoms with van der Waals surface area (Å²) < 4.78 is 0.798. The van der Waals surface area contributed by atoms with Crippen LogP contribution in [0.15, 0.2) is 24.3 Å². The Balaban J connectivity index is 0.00000225. The smallest absolute Gasteiger partial charge is 0.168 e. The van der Waals surface area contributed by atoms with Crippen LogP contribution in [-0.4, -0.2) is 38.0 Å². The molecule has 0 N–H and O–H groups in total. The van der Waals surface area contributed by atoms with Gasteiger partial charge in [0.1, 0.15) is 0 Å². The second-order valence-corrected chi connectivity index (χ2v) is 5.13. The third kappa shape index (κ3) is 5.82. The number of ketones is 1. The fraction of sp³-hybridized carbons (Fsp3) is 0.417. The van der Waals surface area contributed by atoms with Crippen molar-refractivity contribution in [3.63, 3.8) is 0 Å². The molecule has 1 aromatic rings. The lowest BCUT2D eigenvalue weighted by Crippen LogP contribution is -3.00. The molecule has 0 aromatic heterocycles. The van der Waals surface area contributed by atoms with Crippen molar-refractivity contribution in [2.45, 2.75) is 6.42 Å². The fourth-order valence-electron chi connectivity index (χ4n) is 1.24. The molecule has 90 valence electrons. The number of hydrogen-bond donors (Lipinski definition) is 0. The molecule has 0 atom stereocenters. The van der Waals surface area contributed by atoms with E-state index in [0.717, 1.165) is 11.0 Å². The number of nitrogens with zero attached hydrogens (tertiary/aromatic N) is 1. The van der Waals surface area contributed by atoms with Gasteiger partial charge >= 0.3 is 0 Å². The van der Waals surface area contributed by atoms with Gasteiger partial charge in [-0.3, -0.25) is 4.79 Å². The van der Waals surface area contributed by atoms with Gasteiger partial charge in [0.25, 0.3) is 0 Å². The average molecular weight is 354 g/mol. The summed E-state index contributed by atoms with van der Waals surface area (Å²) >= 11 is 5.82. The van der Waals surface area contributed by atoms with E-state index in [-0.39, 0.29) is 29.8 Å². The molecule has 0 heterocycles. The van der Waals surface area contributed by atoms with Gasteiger partial charge in [0, 0.05) is 10.6 Å². The van der Waals surface area contributed by atoms with Crippen molar-refractivity contribution in [2.75, 3.05) is 27.7 Å². The van der Waals surface area contributed by atoms with E-state index < -0.39 is 0 Å². The summed E-state index contributed by atoms with van der Waals surface area (Å²) in [6, 6.07) is 7.11. The third-order valence-electron chi connectivity index (χ3n) is 2.16. The number of carbonyl (C=O) groups is 1. The van der Waals surface area contributed by atoms with E-state index in [1.807, 2.05) is 12.1 Å². The molecule has 0 saturated heterocycles. The summed E-state index contributed by atoms with van der Waals surface area (Å²) in [6.07, 6.45) is 0.559. The lowest BCUT2D eigenvalue weighted by Gasteiger charge is -2.23. The van der Waals surface area contributed by atoms with E-state index in [4.69, 9.17) is 11.6 Å². The molecule has 16 heavy (non-hydrogen) atoms. The Labute approximate surface area is 119 Å². The van der Waals surface area contributed by atoms with Crippen molar-refractivity contribution in [2.24, 2.45) is 0 Å². The highest BCUT2D eigenvalue weighted by atomic mass is 127. The third-order valence-corrected chi connectivity index (χ3v) is 2.39.